The van der Waals surface area contributed by atoms with E-state index in [0.29, 0.717) is 23.7 Å². The van der Waals surface area contributed by atoms with Gasteiger partial charge in [0.1, 0.15) is 6.10 Å². The molecule has 1 saturated carbocycles. The van der Waals surface area contributed by atoms with Crippen LogP contribution in [-0.4, -0.2) is 45.9 Å². The molecule has 4 rings (SSSR count). The summed E-state index contributed by atoms with van der Waals surface area (Å²) in [4.78, 5) is 7.74. The molecule has 11 heteroatoms. The molecular formula is C22H24F3N3O4S. The number of halogens is 3. The van der Waals surface area contributed by atoms with Crippen molar-refractivity contribution in [1.82, 2.24) is 14.7 Å². The number of aromatic nitrogens is 3. The van der Waals surface area contributed by atoms with Crippen LogP contribution in [-0.2, 0) is 9.84 Å². The first kappa shape index (κ1) is 23.3. The summed E-state index contributed by atoms with van der Waals surface area (Å²) in [5.41, 5.74) is 1.58. The Bertz CT molecular complexity index is 1230. The van der Waals surface area contributed by atoms with Crippen molar-refractivity contribution in [2.75, 3.05) is 0 Å². The summed E-state index contributed by atoms with van der Waals surface area (Å²) in [6, 6.07) is 4.39. The molecule has 3 heterocycles. The Morgan fingerprint density at radius 3 is 2.48 bits per heavy atom. The first-order chi connectivity index (χ1) is 15.5. The van der Waals surface area contributed by atoms with Crippen molar-refractivity contribution >= 4 is 9.84 Å². The molecular weight excluding hydrogens is 459 g/mol. The Kier molecular flexibility index (Phi) is 6.02. The fourth-order valence-electron chi connectivity index (χ4n) is 4.04. The second kappa shape index (κ2) is 8.51. The van der Waals surface area contributed by atoms with Gasteiger partial charge in [-0.05, 0) is 57.7 Å². The first-order valence-electron chi connectivity index (χ1n) is 10.6. The lowest BCUT2D eigenvalue weighted by atomic mass is 9.97. The molecule has 1 N–H and O–H groups in total. The Balaban J connectivity index is 1.88. The zero-order chi connectivity index (χ0) is 24.0. The number of fused-ring (bicyclic) bond motifs is 1. The van der Waals surface area contributed by atoms with E-state index in [-0.39, 0.29) is 23.4 Å². The van der Waals surface area contributed by atoms with E-state index in [1.165, 1.54) is 12.3 Å². The molecule has 0 saturated heterocycles. The van der Waals surface area contributed by atoms with E-state index in [0.717, 1.165) is 43.0 Å². The van der Waals surface area contributed by atoms with Gasteiger partial charge in [-0.3, -0.25) is 0 Å². The Morgan fingerprint density at radius 1 is 1.12 bits per heavy atom. The molecule has 33 heavy (non-hydrogen) atoms. The van der Waals surface area contributed by atoms with Crippen molar-refractivity contribution in [3.8, 4) is 28.4 Å². The number of pyridine rings is 2. The number of rotatable bonds is 5. The van der Waals surface area contributed by atoms with Crippen LogP contribution in [0.4, 0.5) is 13.2 Å². The quantitative estimate of drug-likeness (QED) is 0.512. The van der Waals surface area contributed by atoms with Gasteiger partial charge in [0.25, 0.3) is 0 Å². The highest BCUT2D eigenvalue weighted by atomic mass is 32.2. The molecule has 1 aromatic heterocycles. The number of ether oxygens (including phenoxy) is 1. The minimum Gasteiger partial charge on any atom is -0.474 e. The molecule has 0 amide bonds. The fourth-order valence-corrected chi connectivity index (χ4v) is 5.28. The van der Waals surface area contributed by atoms with E-state index >= 15 is 0 Å². The summed E-state index contributed by atoms with van der Waals surface area (Å²) in [5.74, 6) is 0.364. The van der Waals surface area contributed by atoms with Crippen molar-refractivity contribution in [3.05, 3.63) is 36.3 Å². The number of hydrogen-bond acceptors (Lipinski definition) is 6. The topological polar surface area (TPSA) is 94.3 Å². The maximum absolute atomic E-state index is 13.2. The molecule has 0 spiro atoms. The number of aryl methyl sites for hydroxylation is 1. The van der Waals surface area contributed by atoms with Crippen LogP contribution in [0.3, 0.4) is 0 Å². The first-order valence-corrected chi connectivity index (χ1v) is 12.2. The Hall–Kier alpha value is -2.82. The van der Waals surface area contributed by atoms with Crippen LogP contribution in [0.2, 0.25) is 0 Å². The van der Waals surface area contributed by atoms with E-state index in [1.54, 1.807) is 19.1 Å². The van der Waals surface area contributed by atoms with Crippen LogP contribution in [0.1, 0.15) is 44.7 Å². The Morgan fingerprint density at radius 2 is 1.82 bits per heavy atom. The van der Waals surface area contributed by atoms with E-state index in [1.807, 2.05) is 0 Å². The van der Waals surface area contributed by atoms with Gasteiger partial charge in [-0.15, -0.1) is 0 Å². The molecule has 7 nitrogen and oxygen atoms in total. The van der Waals surface area contributed by atoms with Gasteiger partial charge >= 0.3 is 6.18 Å². The normalized spacial score (nSPS) is 16.8. The van der Waals surface area contributed by atoms with Crippen LogP contribution in [0.5, 0.6) is 5.88 Å². The molecule has 2 aliphatic heterocycles. The molecule has 1 fully saturated rings. The molecule has 3 aliphatic rings. The van der Waals surface area contributed by atoms with E-state index in [4.69, 9.17) is 4.74 Å². The largest absolute Gasteiger partial charge is 0.474 e. The second-order valence-electron chi connectivity index (χ2n) is 8.32. The lowest BCUT2D eigenvalue weighted by Crippen LogP contribution is -2.34. The van der Waals surface area contributed by atoms with Gasteiger partial charge in [0.15, 0.2) is 20.9 Å². The van der Waals surface area contributed by atoms with Crippen LogP contribution >= 0.6 is 0 Å². The number of alkyl halides is 3. The average Bonchev–Trinajstić information content (AvgIpc) is 3.26. The highest BCUT2D eigenvalue weighted by molar-refractivity contribution is 7.92. The lowest BCUT2D eigenvalue weighted by Gasteiger charge is -2.25. The van der Waals surface area contributed by atoms with Gasteiger partial charge in [-0.2, -0.15) is 17.9 Å². The maximum atomic E-state index is 13.2. The van der Waals surface area contributed by atoms with Gasteiger partial charge in [0.05, 0.1) is 10.6 Å². The third-order valence-corrected chi connectivity index (χ3v) is 8.14. The Labute approximate surface area is 189 Å². The van der Waals surface area contributed by atoms with Gasteiger partial charge in [-0.1, -0.05) is 6.42 Å². The number of nitrogens with zero attached hydrogens (tertiary/aromatic N) is 3. The summed E-state index contributed by atoms with van der Waals surface area (Å²) in [7, 11) is -4.75. The van der Waals surface area contributed by atoms with Crippen LogP contribution in [0.15, 0.2) is 35.5 Å². The number of sulfone groups is 1. The molecule has 1 unspecified atom stereocenters. The van der Waals surface area contributed by atoms with Crippen molar-refractivity contribution in [2.45, 2.75) is 68.4 Å². The van der Waals surface area contributed by atoms with Gasteiger partial charge in [-0.25, -0.2) is 18.4 Å². The molecule has 0 bridgehead atoms. The molecule has 1 atom stereocenters. The molecule has 0 aromatic carbocycles. The third-order valence-electron chi connectivity index (χ3n) is 6.06. The lowest BCUT2D eigenvalue weighted by molar-refractivity contribution is -0.126. The predicted molar refractivity (Wildman–Crippen MR) is 114 cm³/mol. The van der Waals surface area contributed by atoms with Crippen molar-refractivity contribution in [1.29, 1.82) is 0 Å². The second-order valence-corrected chi connectivity index (χ2v) is 10.6. The van der Waals surface area contributed by atoms with Crippen LogP contribution < -0.4 is 4.74 Å². The highest BCUT2D eigenvalue weighted by Crippen LogP contribution is 2.41. The monoisotopic (exact) mass is 483 g/mol. The fraction of sp³-hybridized carbons (Fsp3) is 0.455. The van der Waals surface area contributed by atoms with E-state index < -0.39 is 26.2 Å². The minimum atomic E-state index is -4.93. The zero-order valence-electron chi connectivity index (χ0n) is 18.1. The van der Waals surface area contributed by atoms with Crippen molar-refractivity contribution < 1.29 is 31.5 Å². The minimum absolute atomic E-state index is 0.123. The van der Waals surface area contributed by atoms with E-state index in [9.17, 15) is 26.8 Å². The molecule has 1 aromatic rings. The third kappa shape index (κ3) is 4.38. The van der Waals surface area contributed by atoms with Crippen molar-refractivity contribution in [3.63, 3.8) is 0 Å². The van der Waals surface area contributed by atoms with Crippen LogP contribution in [0.25, 0.3) is 22.5 Å². The summed E-state index contributed by atoms with van der Waals surface area (Å²) >= 11 is 0. The summed E-state index contributed by atoms with van der Waals surface area (Å²) < 4.78 is 72.2. The van der Waals surface area contributed by atoms with Gasteiger partial charge in [0, 0.05) is 29.1 Å². The highest BCUT2D eigenvalue weighted by Gasteiger charge is 2.46. The predicted octanol–water partition coefficient (Wildman–Crippen LogP) is 5.03. The zero-order valence-corrected chi connectivity index (χ0v) is 18.9. The number of hydrogen-bond donors (Lipinski definition) is 1. The standard InChI is InChI=1S/C22H24F3N3O4S/c1-13-10-18(17-8-9-26-20(17)28(13)29)19-11-16(33(30,31)14(2)22(23,24)25)12-27-21(19)32-15-6-4-3-5-7-15/h8-12,14-15,29H,3-7H2,1-2H3. The van der Waals surface area contributed by atoms with E-state index in [2.05, 4.69) is 9.97 Å². The molecule has 0 radical (unpaired) electrons. The van der Waals surface area contributed by atoms with Crippen molar-refractivity contribution in [2.24, 2.45) is 0 Å². The summed E-state index contributed by atoms with van der Waals surface area (Å²) in [6.07, 6.45) is 2.04. The summed E-state index contributed by atoms with van der Waals surface area (Å²) in [5, 5.41) is 7.69. The van der Waals surface area contributed by atoms with Gasteiger partial charge < -0.3 is 9.94 Å². The average molecular weight is 484 g/mol. The maximum Gasteiger partial charge on any atom is 0.405 e. The molecule has 1 aliphatic carbocycles. The van der Waals surface area contributed by atoms with Gasteiger partial charge in [0.2, 0.25) is 5.88 Å². The SMILES string of the molecule is Cc1cc(-c2cc(S(=O)(=O)C(C)C(F)(F)F)cnc2OC2CCCCC2)c2ccnc-2n1O. The summed E-state index contributed by atoms with van der Waals surface area (Å²) in [6.45, 7) is 2.24. The smallest absolute Gasteiger partial charge is 0.405 e. The van der Waals surface area contributed by atoms with Crippen LogP contribution in [0, 0.1) is 6.92 Å². The molecule has 178 valence electrons.